The van der Waals surface area contributed by atoms with Crippen molar-refractivity contribution < 1.29 is 33.8 Å². The Morgan fingerprint density at radius 2 is 0.857 bits per heavy atom. The van der Waals surface area contributed by atoms with Crippen LogP contribution >= 0.6 is 0 Å². The first kappa shape index (κ1) is 30.1. The SMILES string of the molecule is CC(C)c1cccc(C(C)C)c1-n1ccn(-c2c(C(C)C)cccc2C(C)C)[c]1=[Au+3].[O]=[Sb]([O-])([O-])[O-]. The van der Waals surface area contributed by atoms with Crippen LogP contribution in [-0.4, -0.2) is 29.2 Å². The van der Waals surface area contributed by atoms with Crippen molar-refractivity contribution >= 4 is 20.1 Å². The zero-order valence-corrected chi connectivity index (χ0v) is 26.4. The number of para-hydroxylation sites is 2. The van der Waals surface area contributed by atoms with Gasteiger partial charge in [0.25, 0.3) is 0 Å². The van der Waals surface area contributed by atoms with Gasteiger partial charge in [0, 0.05) is 0 Å². The number of imidazole rings is 1. The minimum atomic E-state index is -6.10. The first-order chi connectivity index (χ1) is 16.1. The molecule has 0 saturated heterocycles. The van der Waals surface area contributed by atoms with Crippen LogP contribution in [0.3, 0.4) is 0 Å². The molecule has 0 fully saturated rings. The second-order valence-electron chi connectivity index (χ2n) is 9.91. The van der Waals surface area contributed by atoms with Crippen LogP contribution < -0.4 is 10.2 Å². The van der Waals surface area contributed by atoms with E-state index in [1.165, 1.54) is 37.3 Å². The monoisotopic (exact) mass is 770 g/mol. The second-order valence-corrected chi connectivity index (χ2v) is 13.4. The Morgan fingerprint density at radius 3 is 1.06 bits per heavy atom. The van der Waals surface area contributed by atoms with Crippen LogP contribution in [0.2, 0.25) is 0 Å². The van der Waals surface area contributed by atoms with E-state index in [1.807, 2.05) is 0 Å². The molecule has 0 N–H and O–H groups in total. The van der Waals surface area contributed by atoms with Gasteiger partial charge in [-0.15, -0.1) is 0 Å². The van der Waals surface area contributed by atoms with Crippen molar-refractivity contribution in [3.63, 3.8) is 0 Å². The summed E-state index contributed by atoms with van der Waals surface area (Å²) < 4.78 is 40.5. The molecule has 0 saturated carbocycles. The Balaban J connectivity index is 0.000000784. The average Bonchev–Trinajstić information content (AvgIpc) is 3.11. The van der Waals surface area contributed by atoms with Crippen LogP contribution in [0.25, 0.3) is 11.4 Å². The molecule has 8 heteroatoms. The molecule has 2 aromatic carbocycles. The molecular formula is C27H36AuN2O4Sb. The number of aromatic nitrogens is 2. The third-order valence-electron chi connectivity index (χ3n) is 5.89. The van der Waals surface area contributed by atoms with Gasteiger partial charge in [-0.05, 0) is 0 Å². The van der Waals surface area contributed by atoms with Gasteiger partial charge >= 0.3 is 228 Å². The normalized spacial score (nSPS) is 12.0. The van der Waals surface area contributed by atoms with Gasteiger partial charge in [0.15, 0.2) is 0 Å². The van der Waals surface area contributed by atoms with E-state index in [0.29, 0.717) is 23.7 Å². The summed E-state index contributed by atoms with van der Waals surface area (Å²) in [6.45, 7) is 18.3. The Kier molecular flexibility index (Phi) is 10.7. The summed E-state index contributed by atoms with van der Waals surface area (Å²) in [6.07, 6.45) is 4.48. The standard InChI is InChI=1S/C27H36N2.Au.4O.Sb/c1-18(2)22-11-9-12-23(19(3)4)26(22)28-15-16-29(17-28)27-24(20(5)6)13-10-14-25(27)21(7)8;;;;;;/h9-16,18-21H,1-8H3;;;;;;/q;+3;;3*-1;. The first-order valence-corrected chi connectivity index (χ1v) is 17.1. The Morgan fingerprint density at radius 1 is 0.629 bits per heavy atom. The zero-order valence-electron chi connectivity index (χ0n) is 21.7. The van der Waals surface area contributed by atoms with E-state index in [0.717, 1.165) is 0 Å². The molecule has 0 atom stereocenters. The van der Waals surface area contributed by atoms with Gasteiger partial charge in [-0.25, -0.2) is 0 Å². The van der Waals surface area contributed by atoms with E-state index in [9.17, 15) is 0 Å². The van der Waals surface area contributed by atoms with E-state index in [-0.39, 0.29) is 0 Å². The topological polar surface area (TPSA) is 96.1 Å². The molecule has 0 radical (unpaired) electrons. The number of hydrogen-bond acceptors (Lipinski definition) is 4. The molecule has 0 bridgehead atoms. The van der Waals surface area contributed by atoms with Crippen LogP contribution in [0, 0.1) is 3.63 Å². The van der Waals surface area contributed by atoms with Gasteiger partial charge in [0.2, 0.25) is 0 Å². The fourth-order valence-corrected chi connectivity index (χ4v) is 5.06. The van der Waals surface area contributed by atoms with Crippen LogP contribution in [0.1, 0.15) is 101 Å². The molecule has 0 aliphatic carbocycles. The van der Waals surface area contributed by atoms with Gasteiger partial charge < -0.3 is 0 Å². The third-order valence-corrected chi connectivity index (χ3v) is 6.94. The summed E-state index contributed by atoms with van der Waals surface area (Å²) in [6, 6.07) is 13.6. The van der Waals surface area contributed by atoms with Gasteiger partial charge in [-0.3, -0.25) is 0 Å². The maximum absolute atomic E-state index is 8.64. The molecule has 3 rings (SSSR count). The molecule has 0 aliphatic rings. The van der Waals surface area contributed by atoms with Crippen molar-refractivity contribution in [2.45, 2.75) is 79.1 Å². The van der Waals surface area contributed by atoms with Crippen molar-refractivity contribution in [1.82, 2.24) is 9.13 Å². The molecule has 0 aliphatic heterocycles. The fourth-order valence-electron chi connectivity index (χ4n) is 4.26. The van der Waals surface area contributed by atoms with Crippen LogP contribution in [0.5, 0.6) is 0 Å². The Hall–Kier alpha value is -1.11. The van der Waals surface area contributed by atoms with Gasteiger partial charge in [-0.2, -0.15) is 0 Å². The van der Waals surface area contributed by atoms with Gasteiger partial charge in [-0.1, -0.05) is 0 Å². The first-order valence-electron chi connectivity index (χ1n) is 11.9. The van der Waals surface area contributed by atoms with Crippen molar-refractivity contribution in [3.05, 3.63) is 74.7 Å². The summed E-state index contributed by atoms with van der Waals surface area (Å²) in [4.78, 5) is 0. The summed E-state index contributed by atoms with van der Waals surface area (Å²) in [7, 11) is 0. The molecule has 194 valence electrons. The molecule has 0 amide bonds. The number of nitrogens with zero attached hydrogens (tertiary/aromatic N) is 2. The molecule has 3 aromatic rings. The second kappa shape index (κ2) is 12.4. The molecule has 0 spiro atoms. The van der Waals surface area contributed by atoms with Crippen molar-refractivity contribution in [2.24, 2.45) is 0 Å². The van der Waals surface area contributed by atoms with Crippen LogP contribution in [0.15, 0.2) is 48.8 Å². The molecule has 1 aromatic heterocycles. The number of hydrogen-bond donors (Lipinski definition) is 0. The fraction of sp³-hybridized carbons (Fsp3) is 0.444. The molecule has 6 nitrogen and oxygen atoms in total. The zero-order chi connectivity index (χ0) is 26.7. The maximum atomic E-state index is 8.64. The summed E-state index contributed by atoms with van der Waals surface area (Å²) in [5.41, 5.74) is 8.29. The van der Waals surface area contributed by atoms with Gasteiger partial charge in [0.05, 0.1) is 0 Å². The summed E-state index contributed by atoms with van der Waals surface area (Å²) in [5.74, 6) is 1.88. The van der Waals surface area contributed by atoms with Crippen molar-refractivity contribution in [3.8, 4) is 11.4 Å². The van der Waals surface area contributed by atoms with E-state index < -0.39 is 20.1 Å². The van der Waals surface area contributed by atoms with Crippen LogP contribution in [0.4, 0.5) is 0 Å². The number of benzene rings is 2. The Bertz CT molecular complexity index is 1110. The molecule has 0 unspecified atom stereocenters. The number of rotatable bonds is 6. The van der Waals surface area contributed by atoms with E-state index in [2.05, 4.69) is 134 Å². The van der Waals surface area contributed by atoms with E-state index in [1.54, 1.807) is 0 Å². The minimum absolute atomic E-state index is 0.469. The third kappa shape index (κ3) is 7.69. The quantitative estimate of drug-likeness (QED) is 0.357. The predicted octanol–water partition coefficient (Wildman–Crippen LogP) is 3.77. The summed E-state index contributed by atoms with van der Waals surface area (Å²) in [5, 5.41) is 0. The summed E-state index contributed by atoms with van der Waals surface area (Å²) >= 11 is -3.33. The van der Waals surface area contributed by atoms with E-state index in [4.69, 9.17) is 13.2 Å². The van der Waals surface area contributed by atoms with Crippen LogP contribution in [-0.2, 0) is 23.6 Å². The average molecular weight is 771 g/mol. The predicted molar refractivity (Wildman–Crippen MR) is 131 cm³/mol. The molecular weight excluding hydrogens is 735 g/mol. The van der Waals surface area contributed by atoms with Crippen molar-refractivity contribution in [1.29, 1.82) is 0 Å². The molecule has 35 heavy (non-hydrogen) atoms. The Labute approximate surface area is 226 Å². The van der Waals surface area contributed by atoms with Crippen molar-refractivity contribution in [2.75, 3.05) is 0 Å². The van der Waals surface area contributed by atoms with Gasteiger partial charge in [0.1, 0.15) is 0 Å². The molecule has 1 heterocycles. The van der Waals surface area contributed by atoms with E-state index >= 15 is 0 Å².